The number of alkyl halides is 2. The second-order valence-corrected chi connectivity index (χ2v) is 8.08. The highest BCUT2D eigenvalue weighted by Crippen LogP contribution is 2.36. The number of ether oxygens (including phenoxy) is 1. The van der Waals surface area contributed by atoms with Crippen molar-refractivity contribution in [2.75, 3.05) is 13.2 Å². The molecule has 0 aromatic carbocycles. The lowest BCUT2D eigenvalue weighted by atomic mass is 9.99. The molecular formula is C20H18FIN6O3. The normalized spacial score (nSPS) is 17.0. The first-order valence-corrected chi connectivity index (χ1v) is 11.0. The number of aromatic nitrogens is 5. The van der Waals surface area contributed by atoms with E-state index in [1.54, 1.807) is 38.3 Å². The molecule has 31 heavy (non-hydrogen) atoms. The van der Waals surface area contributed by atoms with Crippen LogP contribution in [0.25, 0.3) is 5.52 Å². The van der Waals surface area contributed by atoms with Gasteiger partial charge in [0.2, 0.25) is 11.6 Å². The zero-order valence-corrected chi connectivity index (χ0v) is 18.6. The molecule has 4 aromatic rings. The number of carbonyl (C=O) groups is 1. The second-order valence-electron chi connectivity index (χ2n) is 6.99. The number of carbonyl (C=O) groups excluding carboxylic acids is 1. The zero-order valence-electron chi connectivity index (χ0n) is 16.5. The maximum atomic E-state index is 14.0. The molecule has 11 heteroatoms. The molecule has 160 valence electrons. The van der Waals surface area contributed by atoms with Crippen molar-refractivity contribution in [2.45, 2.75) is 23.6 Å². The fourth-order valence-electron chi connectivity index (χ4n) is 3.90. The number of amides is 1. The number of H-pyrrole nitrogens is 1. The minimum atomic E-state index is -1.46. The van der Waals surface area contributed by atoms with Gasteiger partial charge in [-0.2, -0.15) is 5.10 Å². The molecular weight excluding hydrogens is 518 g/mol. The summed E-state index contributed by atoms with van der Waals surface area (Å²) in [5.74, 6) is 0.0436. The minimum Gasteiger partial charge on any atom is -0.478 e. The molecule has 0 saturated carbocycles. The Hall–Kier alpha value is -2.96. The Morgan fingerprint density at radius 1 is 1.45 bits per heavy atom. The van der Waals surface area contributed by atoms with Crippen LogP contribution in [0.1, 0.15) is 50.5 Å². The number of aromatic amines is 1. The van der Waals surface area contributed by atoms with Crippen molar-refractivity contribution in [3.8, 4) is 5.88 Å². The largest absolute Gasteiger partial charge is 0.478 e. The lowest BCUT2D eigenvalue weighted by Gasteiger charge is -2.33. The highest BCUT2D eigenvalue weighted by Gasteiger charge is 2.39. The van der Waals surface area contributed by atoms with Gasteiger partial charge in [-0.15, -0.1) is 0 Å². The van der Waals surface area contributed by atoms with Crippen molar-refractivity contribution in [3.63, 3.8) is 0 Å². The highest BCUT2D eigenvalue weighted by molar-refractivity contribution is 14.1. The molecule has 0 fully saturated rings. The van der Waals surface area contributed by atoms with Gasteiger partial charge in [-0.25, -0.2) is 18.9 Å². The Morgan fingerprint density at radius 3 is 3.13 bits per heavy atom. The maximum Gasteiger partial charge on any atom is 0.292 e. The molecule has 5 heterocycles. The summed E-state index contributed by atoms with van der Waals surface area (Å²) >= 11 is 1.56. The van der Waals surface area contributed by atoms with Crippen LogP contribution in [0.2, 0.25) is 0 Å². The number of hydrogen-bond donors (Lipinski definition) is 1. The molecule has 5 rings (SSSR count). The second kappa shape index (κ2) is 7.94. The molecule has 0 bridgehead atoms. The summed E-state index contributed by atoms with van der Waals surface area (Å²) in [4.78, 5) is 26.5. The van der Waals surface area contributed by atoms with Gasteiger partial charge < -0.3 is 19.0 Å². The average Bonchev–Trinajstić information content (AvgIpc) is 3.51. The first kappa shape index (κ1) is 20.0. The molecule has 1 N–H and O–H groups in total. The fourth-order valence-corrected chi connectivity index (χ4v) is 4.34. The molecule has 1 unspecified atom stereocenters. The third kappa shape index (κ3) is 3.36. The van der Waals surface area contributed by atoms with E-state index in [0.29, 0.717) is 36.8 Å². The smallest absolute Gasteiger partial charge is 0.292 e. The van der Waals surface area contributed by atoms with Crippen molar-refractivity contribution < 1.29 is 18.3 Å². The van der Waals surface area contributed by atoms with Crippen LogP contribution in [-0.2, 0) is 6.42 Å². The number of rotatable bonds is 5. The summed E-state index contributed by atoms with van der Waals surface area (Å²) in [6.45, 7) is 2.80. The van der Waals surface area contributed by atoms with Crippen LogP contribution >= 0.6 is 22.6 Å². The summed E-state index contributed by atoms with van der Waals surface area (Å²) in [5.41, 5.74) is 3.07. The van der Waals surface area contributed by atoms with Gasteiger partial charge in [-0.1, -0.05) is 6.07 Å². The van der Waals surface area contributed by atoms with E-state index >= 15 is 0 Å². The Labute approximate surface area is 189 Å². The Kier molecular flexibility index (Phi) is 5.12. The van der Waals surface area contributed by atoms with E-state index in [1.165, 1.54) is 0 Å². The van der Waals surface area contributed by atoms with Crippen molar-refractivity contribution in [1.82, 2.24) is 29.5 Å². The lowest BCUT2D eigenvalue weighted by molar-refractivity contribution is 0.0651. The van der Waals surface area contributed by atoms with E-state index in [4.69, 9.17) is 14.3 Å². The minimum absolute atomic E-state index is 0.0224. The Morgan fingerprint density at radius 2 is 2.32 bits per heavy atom. The third-order valence-electron chi connectivity index (χ3n) is 5.22. The number of oxazole rings is 1. The van der Waals surface area contributed by atoms with E-state index in [2.05, 4.69) is 15.0 Å². The number of pyridine rings is 1. The van der Waals surface area contributed by atoms with Crippen molar-refractivity contribution in [1.29, 1.82) is 0 Å². The van der Waals surface area contributed by atoms with Gasteiger partial charge in [0, 0.05) is 24.7 Å². The number of hydrogen-bond acceptors (Lipinski definition) is 6. The summed E-state index contributed by atoms with van der Waals surface area (Å²) in [6, 6.07) is 6.96. The maximum absolute atomic E-state index is 14.0. The molecule has 0 radical (unpaired) electrons. The van der Waals surface area contributed by atoms with Crippen LogP contribution < -0.4 is 4.74 Å². The average molecular weight is 536 g/mol. The molecule has 0 spiro atoms. The topological polar surface area (TPSA) is 102 Å². The first-order valence-electron chi connectivity index (χ1n) is 9.74. The van der Waals surface area contributed by atoms with Crippen molar-refractivity contribution >= 4 is 34.0 Å². The summed E-state index contributed by atoms with van der Waals surface area (Å²) in [5, 5.41) is 4.73. The molecule has 4 aromatic heterocycles. The summed E-state index contributed by atoms with van der Waals surface area (Å²) in [7, 11) is 0. The monoisotopic (exact) mass is 536 g/mol. The van der Waals surface area contributed by atoms with Gasteiger partial charge in [0.25, 0.3) is 5.91 Å². The molecule has 1 aliphatic rings. The molecule has 1 aliphatic heterocycles. The fraction of sp³-hybridized carbons (Fsp3) is 0.300. The number of nitrogens with zero attached hydrogens (tertiary/aromatic N) is 5. The molecule has 0 aliphatic carbocycles. The van der Waals surface area contributed by atoms with Crippen LogP contribution in [0.5, 0.6) is 5.88 Å². The van der Waals surface area contributed by atoms with Crippen molar-refractivity contribution in [2.24, 2.45) is 0 Å². The Bertz CT molecular complexity index is 1250. The van der Waals surface area contributed by atoms with Crippen molar-refractivity contribution in [3.05, 3.63) is 65.5 Å². The Balaban J connectivity index is 1.62. The van der Waals surface area contributed by atoms with E-state index < -0.39 is 16.1 Å². The summed E-state index contributed by atoms with van der Waals surface area (Å²) < 4.78 is 25.2. The van der Waals surface area contributed by atoms with Gasteiger partial charge in [-0.05, 0) is 41.6 Å². The van der Waals surface area contributed by atoms with E-state index in [-0.39, 0.29) is 11.5 Å². The lowest BCUT2D eigenvalue weighted by Crippen LogP contribution is -2.41. The van der Waals surface area contributed by atoms with E-state index in [0.717, 1.165) is 17.6 Å². The van der Waals surface area contributed by atoms with Gasteiger partial charge in [0.1, 0.15) is 11.7 Å². The molecule has 2 atom stereocenters. The number of imidazole rings is 1. The number of nitrogens with one attached hydrogen (secondary N) is 1. The van der Waals surface area contributed by atoms with Gasteiger partial charge >= 0.3 is 0 Å². The molecule has 0 saturated heterocycles. The molecule has 9 nitrogen and oxygen atoms in total. The van der Waals surface area contributed by atoms with E-state index in [1.807, 2.05) is 31.2 Å². The predicted molar refractivity (Wildman–Crippen MR) is 116 cm³/mol. The molecule has 1 amide bonds. The number of halogens is 2. The van der Waals surface area contributed by atoms with Crippen LogP contribution in [0.15, 0.2) is 41.4 Å². The van der Waals surface area contributed by atoms with Crippen LogP contribution in [0.3, 0.4) is 0 Å². The summed E-state index contributed by atoms with van der Waals surface area (Å²) in [6.07, 6.45) is 3.28. The van der Waals surface area contributed by atoms with Crippen LogP contribution in [-0.4, -0.2) is 48.5 Å². The SMILES string of the molecule is CCOc1cccc2cc([C@@H]3c4nc[nH]c4CCN3C(=O)c3ocnc3C(F)I)nn12. The quantitative estimate of drug-likeness (QED) is 0.309. The predicted octanol–water partition coefficient (Wildman–Crippen LogP) is 3.64. The number of fused-ring (bicyclic) bond motifs is 2. The first-order chi connectivity index (χ1) is 15.1. The van der Waals surface area contributed by atoms with Crippen LogP contribution in [0, 0.1) is 0 Å². The standard InChI is InChI=1S/C20H18FIN6O3/c1-2-30-14-5-3-4-11-8-13(26-28(11)14)17-15-12(23-9-24-15)6-7-27(17)20(29)18-16(19(21)22)25-10-31-18/h3-5,8-10,17,19H,2,6-7H2,1H3,(H,23,24)/t17-,19?/m1/s1. The van der Waals surface area contributed by atoms with Gasteiger partial charge in [0.05, 0.1) is 29.8 Å². The zero-order chi connectivity index (χ0) is 21.5. The third-order valence-corrected chi connectivity index (χ3v) is 5.81. The van der Waals surface area contributed by atoms with E-state index in [9.17, 15) is 9.18 Å². The highest BCUT2D eigenvalue weighted by atomic mass is 127. The van der Waals surface area contributed by atoms with Gasteiger partial charge in [-0.3, -0.25) is 4.79 Å². The van der Waals surface area contributed by atoms with Gasteiger partial charge in [0.15, 0.2) is 10.6 Å². The van der Waals surface area contributed by atoms with Crippen LogP contribution in [0.4, 0.5) is 4.39 Å².